The van der Waals surface area contributed by atoms with E-state index >= 15 is 0 Å². The average molecular weight is 245 g/mol. The maximum absolute atomic E-state index is 5.85. The van der Waals surface area contributed by atoms with E-state index < -0.39 is 0 Å². The minimum absolute atomic E-state index is 0.554. The van der Waals surface area contributed by atoms with Crippen LogP contribution in [0.3, 0.4) is 0 Å². The van der Waals surface area contributed by atoms with Gasteiger partial charge in [0.05, 0.1) is 19.9 Å². The lowest BCUT2D eigenvalue weighted by Crippen LogP contribution is -1.93. The van der Waals surface area contributed by atoms with E-state index in [0.29, 0.717) is 22.9 Å². The Kier molecular flexibility index (Phi) is 3.57. The number of hydrogen-bond acceptors (Lipinski definition) is 4. The van der Waals surface area contributed by atoms with Crippen molar-refractivity contribution in [3.05, 3.63) is 42.5 Å². The normalized spacial score (nSPS) is 9.89. The van der Waals surface area contributed by atoms with Crippen molar-refractivity contribution in [2.75, 3.05) is 20.0 Å². The quantitative estimate of drug-likeness (QED) is 0.841. The van der Waals surface area contributed by atoms with Crippen molar-refractivity contribution in [2.24, 2.45) is 0 Å². The predicted octanol–water partition coefficient (Wildman–Crippen LogP) is 3.08. The molecule has 0 aliphatic heterocycles. The fourth-order valence-electron chi connectivity index (χ4n) is 1.52. The highest BCUT2D eigenvalue weighted by Crippen LogP contribution is 2.32. The molecule has 4 heteroatoms. The summed E-state index contributed by atoms with van der Waals surface area (Å²) in [7, 11) is 3.21. The van der Waals surface area contributed by atoms with E-state index in [1.807, 2.05) is 18.2 Å². The number of methoxy groups -OCH3 is 2. The van der Waals surface area contributed by atoms with E-state index in [-0.39, 0.29) is 0 Å². The van der Waals surface area contributed by atoms with Gasteiger partial charge < -0.3 is 19.9 Å². The number of anilines is 1. The molecule has 18 heavy (non-hydrogen) atoms. The van der Waals surface area contributed by atoms with Crippen LogP contribution in [0.1, 0.15) is 0 Å². The first-order chi connectivity index (χ1) is 8.72. The van der Waals surface area contributed by atoms with Crippen LogP contribution >= 0.6 is 0 Å². The van der Waals surface area contributed by atoms with Gasteiger partial charge in [-0.05, 0) is 24.3 Å². The molecule has 2 aromatic carbocycles. The monoisotopic (exact) mass is 245 g/mol. The van der Waals surface area contributed by atoms with Crippen molar-refractivity contribution < 1.29 is 14.2 Å². The summed E-state index contributed by atoms with van der Waals surface area (Å²) in [6, 6.07) is 12.6. The first-order valence-electron chi connectivity index (χ1n) is 5.48. The molecular weight excluding hydrogens is 230 g/mol. The lowest BCUT2D eigenvalue weighted by atomic mass is 10.2. The number of hydrogen-bond donors (Lipinski definition) is 1. The topological polar surface area (TPSA) is 53.7 Å². The molecule has 0 heterocycles. The summed E-state index contributed by atoms with van der Waals surface area (Å²) in [6.45, 7) is 0. The molecular formula is C14H15NO3. The highest BCUT2D eigenvalue weighted by molar-refractivity contribution is 5.57. The van der Waals surface area contributed by atoms with Gasteiger partial charge in [-0.15, -0.1) is 0 Å². The average Bonchev–Trinajstić information content (AvgIpc) is 2.41. The Hall–Kier alpha value is -2.36. The fourth-order valence-corrected chi connectivity index (χ4v) is 1.52. The second kappa shape index (κ2) is 5.31. The Morgan fingerprint density at radius 2 is 1.50 bits per heavy atom. The molecule has 94 valence electrons. The molecule has 0 saturated heterocycles. The molecule has 2 N–H and O–H groups in total. The van der Waals surface area contributed by atoms with Gasteiger partial charge in [-0.3, -0.25) is 0 Å². The maximum atomic E-state index is 5.85. The Labute approximate surface area is 106 Å². The first-order valence-corrected chi connectivity index (χ1v) is 5.48. The molecule has 0 amide bonds. The molecule has 2 rings (SSSR count). The molecule has 0 fully saturated rings. The molecule has 0 aromatic heterocycles. The minimum atomic E-state index is 0.554. The van der Waals surface area contributed by atoms with E-state index in [9.17, 15) is 0 Å². The first kappa shape index (κ1) is 12.1. The Balaban J connectivity index is 2.27. The molecule has 0 radical (unpaired) electrons. The number of ether oxygens (including phenoxy) is 3. The van der Waals surface area contributed by atoms with Crippen LogP contribution in [0.2, 0.25) is 0 Å². The van der Waals surface area contributed by atoms with Crippen molar-refractivity contribution in [1.82, 2.24) is 0 Å². The third-order valence-corrected chi connectivity index (χ3v) is 2.49. The summed E-state index contributed by atoms with van der Waals surface area (Å²) in [6.07, 6.45) is 0. The van der Waals surface area contributed by atoms with Crippen molar-refractivity contribution in [3.8, 4) is 23.0 Å². The molecule has 0 aliphatic carbocycles. The van der Waals surface area contributed by atoms with Gasteiger partial charge >= 0.3 is 0 Å². The molecule has 4 nitrogen and oxygen atoms in total. The van der Waals surface area contributed by atoms with Crippen LogP contribution < -0.4 is 19.9 Å². The summed E-state index contributed by atoms with van der Waals surface area (Å²) in [4.78, 5) is 0. The smallest absolute Gasteiger partial charge is 0.153 e. The molecule has 0 bridgehead atoms. The zero-order chi connectivity index (χ0) is 13.0. The second-order valence-electron chi connectivity index (χ2n) is 3.68. The van der Waals surface area contributed by atoms with E-state index in [4.69, 9.17) is 19.9 Å². The van der Waals surface area contributed by atoms with Crippen molar-refractivity contribution in [3.63, 3.8) is 0 Å². The van der Waals surface area contributed by atoms with Crippen LogP contribution in [0.4, 0.5) is 5.69 Å². The minimum Gasteiger partial charge on any atom is -0.497 e. The van der Waals surface area contributed by atoms with Crippen molar-refractivity contribution in [2.45, 2.75) is 0 Å². The summed E-state index contributed by atoms with van der Waals surface area (Å²) < 4.78 is 16.0. The van der Waals surface area contributed by atoms with Crippen molar-refractivity contribution in [1.29, 1.82) is 0 Å². The Morgan fingerprint density at radius 3 is 2.22 bits per heavy atom. The van der Waals surface area contributed by atoms with E-state index in [1.165, 1.54) is 0 Å². The van der Waals surface area contributed by atoms with Crippen LogP contribution in [-0.4, -0.2) is 14.2 Å². The number of nitrogens with two attached hydrogens (primary N) is 1. The molecule has 0 spiro atoms. The van der Waals surface area contributed by atoms with Gasteiger partial charge in [-0.1, -0.05) is 6.07 Å². The molecule has 0 aliphatic rings. The summed E-state index contributed by atoms with van der Waals surface area (Å²) in [5.41, 5.74) is 6.41. The number of rotatable bonds is 4. The maximum Gasteiger partial charge on any atom is 0.153 e. The zero-order valence-corrected chi connectivity index (χ0v) is 10.3. The number of benzene rings is 2. The third-order valence-electron chi connectivity index (χ3n) is 2.49. The fraction of sp³-hybridized carbons (Fsp3) is 0.143. The van der Waals surface area contributed by atoms with Crippen LogP contribution in [0.5, 0.6) is 23.0 Å². The van der Waals surface area contributed by atoms with Crippen LogP contribution in [0.15, 0.2) is 42.5 Å². The summed E-state index contributed by atoms with van der Waals surface area (Å²) in [5, 5.41) is 0. The SMILES string of the molecule is COc1cccc(Oc2cc(OC)ccc2N)c1. The molecule has 0 atom stereocenters. The van der Waals surface area contributed by atoms with E-state index in [1.54, 1.807) is 38.5 Å². The van der Waals surface area contributed by atoms with Gasteiger partial charge in [0.25, 0.3) is 0 Å². The summed E-state index contributed by atoms with van der Waals surface area (Å²) >= 11 is 0. The van der Waals surface area contributed by atoms with Crippen LogP contribution in [0.25, 0.3) is 0 Å². The predicted molar refractivity (Wildman–Crippen MR) is 70.5 cm³/mol. The Morgan fingerprint density at radius 1 is 0.833 bits per heavy atom. The second-order valence-corrected chi connectivity index (χ2v) is 3.68. The molecule has 0 saturated carbocycles. The van der Waals surface area contributed by atoms with Gasteiger partial charge in [0.15, 0.2) is 5.75 Å². The highest BCUT2D eigenvalue weighted by atomic mass is 16.5. The van der Waals surface area contributed by atoms with Gasteiger partial charge in [-0.2, -0.15) is 0 Å². The van der Waals surface area contributed by atoms with Gasteiger partial charge in [0.2, 0.25) is 0 Å². The molecule has 0 unspecified atom stereocenters. The standard InChI is InChI=1S/C14H15NO3/c1-16-10-4-3-5-12(8-10)18-14-9-11(17-2)6-7-13(14)15/h3-9H,15H2,1-2H3. The molecule has 2 aromatic rings. The van der Waals surface area contributed by atoms with E-state index in [0.717, 1.165) is 5.75 Å². The number of nitrogen functional groups attached to an aromatic ring is 1. The summed E-state index contributed by atoms with van der Waals surface area (Å²) in [5.74, 6) is 2.65. The van der Waals surface area contributed by atoms with Gasteiger partial charge in [-0.25, -0.2) is 0 Å². The van der Waals surface area contributed by atoms with Crippen molar-refractivity contribution >= 4 is 5.69 Å². The third kappa shape index (κ3) is 2.66. The van der Waals surface area contributed by atoms with E-state index in [2.05, 4.69) is 0 Å². The van der Waals surface area contributed by atoms with Gasteiger partial charge in [0, 0.05) is 12.1 Å². The largest absolute Gasteiger partial charge is 0.497 e. The lowest BCUT2D eigenvalue weighted by Gasteiger charge is -2.10. The van der Waals surface area contributed by atoms with Crippen LogP contribution in [0, 0.1) is 0 Å². The lowest BCUT2D eigenvalue weighted by molar-refractivity contribution is 0.404. The van der Waals surface area contributed by atoms with Crippen LogP contribution in [-0.2, 0) is 0 Å². The van der Waals surface area contributed by atoms with Gasteiger partial charge in [0.1, 0.15) is 17.2 Å². The zero-order valence-electron chi connectivity index (χ0n) is 10.3. The highest BCUT2D eigenvalue weighted by Gasteiger charge is 2.05. The Bertz CT molecular complexity index is 540.